The van der Waals surface area contributed by atoms with E-state index in [9.17, 15) is 9.59 Å². The summed E-state index contributed by atoms with van der Waals surface area (Å²) in [5.74, 6) is -0.542. The molecule has 0 aromatic heterocycles. The van der Waals surface area contributed by atoms with Gasteiger partial charge in [0.2, 0.25) is 5.91 Å². The summed E-state index contributed by atoms with van der Waals surface area (Å²) in [7, 11) is 1.37. The molecule has 1 saturated heterocycles. The molecule has 3 atom stereocenters. The number of amides is 1. The van der Waals surface area contributed by atoms with Gasteiger partial charge in [-0.15, -0.1) is 0 Å². The van der Waals surface area contributed by atoms with Crippen molar-refractivity contribution in [1.29, 1.82) is 0 Å². The molecule has 1 amide bonds. The third-order valence-corrected chi connectivity index (χ3v) is 4.77. The molecule has 3 unspecified atom stereocenters. The number of hydrogen-bond acceptors (Lipinski definition) is 3. The second-order valence-electron chi connectivity index (χ2n) is 5.68. The Kier molecular flexibility index (Phi) is 3.24. The highest BCUT2D eigenvalue weighted by Gasteiger charge is 2.61. The van der Waals surface area contributed by atoms with E-state index >= 15 is 0 Å². The molecule has 2 aliphatic rings. The molecule has 0 radical (unpaired) electrons. The average Bonchev–Trinajstić information content (AvgIpc) is 2.82. The smallest absolute Gasteiger partial charge is 0.321 e. The van der Waals surface area contributed by atoms with Crippen molar-refractivity contribution in [3.8, 4) is 0 Å². The van der Waals surface area contributed by atoms with Crippen molar-refractivity contribution in [2.45, 2.75) is 31.7 Å². The van der Waals surface area contributed by atoms with E-state index in [1.165, 1.54) is 7.11 Å². The summed E-state index contributed by atoms with van der Waals surface area (Å²) in [5.41, 5.74) is 0.0894. The first kappa shape index (κ1) is 13.2. The predicted octanol–water partition coefficient (Wildman–Crippen LogP) is 2.21. The van der Waals surface area contributed by atoms with Crippen LogP contribution in [0.1, 0.15) is 37.3 Å². The number of ether oxygens (including phenoxy) is 1. The molecule has 1 aromatic carbocycles. The monoisotopic (exact) mass is 273 g/mol. The summed E-state index contributed by atoms with van der Waals surface area (Å²) in [5, 5.41) is 3.03. The Hall–Kier alpha value is -1.84. The summed E-state index contributed by atoms with van der Waals surface area (Å²) < 4.78 is 4.95. The van der Waals surface area contributed by atoms with Crippen LogP contribution in [0.15, 0.2) is 30.3 Å². The van der Waals surface area contributed by atoms with Gasteiger partial charge in [-0.3, -0.25) is 9.59 Å². The molecule has 1 N–H and O–H groups in total. The zero-order chi connectivity index (χ0) is 14.2. The molecule has 1 aliphatic carbocycles. The van der Waals surface area contributed by atoms with Crippen molar-refractivity contribution in [1.82, 2.24) is 5.32 Å². The third kappa shape index (κ3) is 1.74. The molecular formula is C16H19NO3. The van der Waals surface area contributed by atoms with Crippen LogP contribution in [-0.4, -0.2) is 19.0 Å². The molecule has 1 aliphatic heterocycles. The second-order valence-corrected chi connectivity index (χ2v) is 5.68. The minimum atomic E-state index is -0.979. The van der Waals surface area contributed by atoms with Gasteiger partial charge in [0, 0.05) is 5.92 Å². The number of rotatable bonds is 2. The van der Waals surface area contributed by atoms with Crippen LogP contribution in [-0.2, 0) is 14.3 Å². The fourth-order valence-corrected chi connectivity index (χ4v) is 3.81. The number of carbonyl (C=O) groups is 2. The summed E-state index contributed by atoms with van der Waals surface area (Å²) in [6, 6.07) is 9.81. The van der Waals surface area contributed by atoms with E-state index in [1.807, 2.05) is 30.3 Å². The van der Waals surface area contributed by atoms with Gasteiger partial charge in [-0.1, -0.05) is 43.2 Å². The molecule has 1 saturated carbocycles. The fraction of sp³-hybridized carbons (Fsp3) is 0.500. The maximum atomic E-state index is 12.5. The highest BCUT2D eigenvalue weighted by molar-refractivity contribution is 6.05. The largest absolute Gasteiger partial charge is 0.468 e. The van der Waals surface area contributed by atoms with E-state index in [0.29, 0.717) is 6.42 Å². The van der Waals surface area contributed by atoms with Gasteiger partial charge < -0.3 is 10.1 Å². The lowest BCUT2D eigenvalue weighted by Gasteiger charge is -2.35. The van der Waals surface area contributed by atoms with Crippen molar-refractivity contribution in [3.05, 3.63) is 35.9 Å². The van der Waals surface area contributed by atoms with Crippen LogP contribution in [0.25, 0.3) is 0 Å². The molecule has 3 rings (SSSR count). The standard InChI is InChI=1S/C16H19NO3/c1-20-15(19)16-10-6-5-9-12(16)13(17-14(16)18)11-7-3-2-4-8-11/h2-4,7-8,12-13H,5-6,9-10H2,1H3,(H,17,18). The molecule has 106 valence electrons. The normalized spacial score (nSPS) is 32.4. The number of methoxy groups -OCH3 is 1. The van der Waals surface area contributed by atoms with Crippen LogP contribution in [0.2, 0.25) is 0 Å². The topological polar surface area (TPSA) is 55.4 Å². The summed E-state index contributed by atoms with van der Waals surface area (Å²) in [6.45, 7) is 0. The zero-order valence-corrected chi connectivity index (χ0v) is 11.6. The van der Waals surface area contributed by atoms with Crippen molar-refractivity contribution in [3.63, 3.8) is 0 Å². The van der Waals surface area contributed by atoms with E-state index < -0.39 is 5.41 Å². The molecule has 1 aromatic rings. The first-order chi connectivity index (χ1) is 9.70. The Balaban J connectivity index is 2.02. The molecule has 20 heavy (non-hydrogen) atoms. The second kappa shape index (κ2) is 4.93. The number of fused-ring (bicyclic) bond motifs is 1. The first-order valence-electron chi connectivity index (χ1n) is 7.14. The number of nitrogens with one attached hydrogen (secondary N) is 1. The lowest BCUT2D eigenvalue weighted by atomic mass is 9.65. The minimum Gasteiger partial charge on any atom is -0.468 e. The molecule has 0 bridgehead atoms. The Morgan fingerprint density at radius 1 is 1.30 bits per heavy atom. The van der Waals surface area contributed by atoms with Gasteiger partial charge in [-0.25, -0.2) is 0 Å². The highest BCUT2D eigenvalue weighted by atomic mass is 16.5. The maximum absolute atomic E-state index is 12.5. The van der Waals surface area contributed by atoms with Crippen molar-refractivity contribution in [2.24, 2.45) is 11.3 Å². The highest BCUT2D eigenvalue weighted by Crippen LogP contribution is 2.52. The number of carbonyl (C=O) groups excluding carboxylic acids is 2. The van der Waals surface area contributed by atoms with Gasteiger partial charge in [0.1, 0.15) is 0 Å². The molecular weight excluding hydrogens is 254 g/mol. The summed E-state index contributed by atoms with van der Waals surface area (Å²) in [6.07, 6.45) is 3.44. The van der Waals surface area contributed by atoms with Gasteiger partial charge in [0.05, 0.1) is 13.2 Å². The molecule has 4 heteroatoms. The van der Waals surface area contributed by atoms with Crippen molar-refractivity contribution >= 4 is 11.9 Å². The van der Waals surface area contributed by atoms with Crippen LogP contribution in [0.3, 0.4) is 0 Å². The van der Waals surface area contributed by atoms with Crippen molar-refractivity contribution in [2.75, 3.05) is 7.11 Å². The van der Waals surface area contributed by atoms with Crippen LogP contribution < -0.4 is 5.32 Å². The quantitative estimate of drug-likeness (QED) is 0.664. The molecule has 4 nitrogen and oxygen atoms in total. The van der Waals surface area contributed by atoms with Crippen LogP contribution in [0.5, 0.6) is 0 Å². The Labute approximate surface area is 118 Å². The lowest BCUT2D eigenvalue weighted by Crippen LogP contribution is -2.45. The fourth-order valence-electron chi connectivity index (χ4n) is 3.81. The zero-order valence-electron chi connectivity index (χ0n) is 11.6. The molecule has 1 heterocycles. The molecule has 0 spiro atoms. The van der Waals surface area contributed by atoms with Gasteiger partial charge in [0.15, 0.2) is 5.41 Å². The van der Waals surface area contributed by atoms with Gasteiger partial charge in [-0.2, -0.15) is 0 Å². The van der Waals surface area contributed by atoms with E-state index in [0.717, 1.165) is 24.8 Å². The van der Waals surface area contributed by atoms with Gasteiger partial charge in [-0.05, 0) is 18.4 Å². The Morgan fingerprint density at radius 3 is 2.75 bits per heavy atom. The van der Waals surface area contributed by atoms with Crippen LogP contribution in [0.4, 0.5) is 0 Å². The lowest BCUT2D eigenvalue weighted by molar-refractivity contribution is -0.161. The minimum absolute atomic E-state index is 0.00130. The van der Waals surface area contributed by atoms with Gasteiger partial charge >= 0.3 is 5.97 Å². The maximum Gasteiger partial charge on any atom is 0.321 e. The van der Waals surface area contributed by atoms with Gasteiger partial charge in [0.25, 0.3) is 0 Å². The van der Waals surface area contributed by atoms with Crippen LogP contribution in [0, 0.1) is 11.3 Å². The van der Waals surface area contributed by atoms with Crippen molar-refractivity contribution < 1.29 is 14.3 Å². The Bertz CT molecular complexity index is 528. The van der Waals surface area contributed by atoms with E-state index in [1.54, 1.807) is 0 Å². The number of hydrogen-bond donors (Lipinski definition) is 1. The number of esters is 1. The first-order valence-corrected chi connectivity index (χ1v) is 7.14. The summed E-state index contributed by atoms with van der Waals surface area (Å²) >= 11 is 0. The summed E-state index contributed by atoms with van der Waals surface area (Å²) in [4.78, 5) is 24.8. The predicted molar refractivity (Wildman–Crippen MR) is 73.7 cm³/mol. The van der Waals surface area contributed by atoms with E-state index in [-0.39, 0.29) is 23.8 Å². The number of benzene rings is 1. The van der Waals surface area contributed by atoms with Crippen LogP contribution >= 0.6 is 0 Å². The van der Waals surface area contributed by atoms with E-state index in [4.69, 9.17) is 4.74 Å². The SMILES string of the molecule is COC(=O)C12CCCCC1C(c1ccccc1)NC2=O. The average molecular weight is 273 g/mol. The Morgan fingerprint density at radius 2 is 2.05 bits per heavy atom. The molecule has 2 fully saturated rings. The van der Waals surface area contributed by atoms with E-state index in [2.05, 4.69) is 5.32 Å². The third-order valence-electron chi connectivity index (χ3n) is 4.77.